The molecule has 1 unspecified atom stereocenters. The van der Waals surface area contributed by atoms with Gasteiger partial charge in [0.25, 0.3) is 0 Å². The maximum atomic E-state index is 13.1. The second-order valence-electron chi connectivity index (χ2n) is 6.98. The molecule has 0 aliphatic carbocycles. The van der Waals surface area contributed by atoms with Crippen molar-refractivity contribution in [1.29, 1.82) is 0 Å². The highest BCUT2D eigenvalue weighted by Gasteiger charge is 2.32. The third-order valence-corrected chi connectivity index (χ3v) is 6.38. The number of hydrogen-bond acceptors (Lipinski definition) is 4. The van der Waals surface area contributed by atoms with Crippen LogP contribution in [0.15, 0.2) is 87.4 Å². The van der Waals surface area contributed by atoms with Gasteiger partial charge < -0.3 is 9.73 Å². The third-order valence-electron chi connectivity index (χ3n) is 5.44. The van der Waals surface area contributed by atoms with Crippen LogP contribution in [0.1, 0.15) is 16.5 Å². The van der Waals surface area contributed by atoms with E-state index in [1.54, 1.807) is 11.3 Å². The van der Waals surface area contributed by atoms with Gasteiger partial charge in [0.1, 0.15) is 5.58 Å². The topological polar surface area (TPSA) is 42.2 Å². The lowest BCUT2D eigenvalue weighted by Gasteiger charge is -2.30. The van der Waals surface area contributed by atoms with E-state index in [1.165, 1.54) is 0 Å². The summed E-state index contributed by atoms with van der Waals surface area (Å²) in [5.41, 5.74) is 4.13. The molecule has 0 saturated heterocycles. The van der Waals surface area contributed by atoms with Crippen molar-refractivity contribution in [1.82, 2.24) is 0 Å². The number of para-hydroxylation sites is 1. The molecule has 6 rings (SSSR count). The number of benzene rings is 3. The molecule has 0 amide bonds. The van der Waals surface area contributed by atoms with Gasteiger partial charge in [-0.1, -0.05) is 54.6 Å². The number of thiophene rings is 1. The smallest absolute Gasteiger partial charge is 0.342 e. The first kappa shape index (κ1) is 15.7. The molecule has 1 aliphatic heterocycles. The molecule has 0 radical (unpaired) electrons. The van der Waals surface area contributed by atoms with E-state index < -0.39 is 0 Å². The molecule has 0 bridgehead atoms. The fourth-order valence-electron chi connectivity index (χ4n) is 4.25. The number of hydrogen-bond donors (Lipinski definition) is 1. The van der Waals surface area contributed by atoms with Gasteiger partial charge in [0.15, 0.2) is 0 Å². The van der Waals surface area contributed by atoms with Crippen molar-refractivity contribution in [3.05, 3.63) is 99.0 Å². The molecule has 0 saturated carbocycles. The summed E-state index contributed by atoms with van der Waals surface area (Å²) in [6, 6.07) is 24.2. The number of fused-ring (bicyclic) bond motifs is 7. The van der Waals surface area contributed by atoms with Crippen molar-refractivity contribution in [2.75, 3.05) is 5.32 Å². The van der Waals surface area contributed by atoms with Gasteiger partial charge in [-0.3, -0.25) is 0 Å². The SMILES string of the molecule is O=c1oc2ccccc2c2c1C(c1cccs1)Nc1ccc3ccccc3c1-2. The molecule has 3 nitrogen and oxygen atoms in total. The molecule has 0 spiro atoms. The van der Waals surface area contributed by atoms with Gasteiger partial charge >= 0.3 is 5.63 Å². The molecular weight excluding hydrogens is 366 g/mol. The van der Waals surface area contributed by atoms with E-state index in [0.29, 0.717) is 11.1 Å². The quantitative estimate of drug-likeness (QED) is 0.352. The predicted octanol–water partition coefficient (Wildman–Crippen LogP) is 6.19. The maximum Gasteiger partial charge on any atom is 0.342 e. The summed E-state index contributed by atoms with van der Waals surface area (Å²) in [4.78, 5) is 14.2. The van der Waals surface area contributed by atoms with E-state index in [2.05, 4.69) is 35.6 Å². The van der Waals surface area contributed by atoms with E-state index in [4.69, 9.17) is 4.42 Å². The highest BCUT2D eigenvalue weighted by molar-refractivity contribution is 7.10. The van der Waals surface area contributed by atoms with Crippen molar-refractivity contribution < 1.29 is 4.42 Å². The Labute approximate surface area is 164 Å². The minimum Gasteiger partial charge on any atom is -0.422 e. The van der Waals surface area contributed by atoms with Crippen molar-refractivity contribution in [3.8, 4) is 11.1 Å². The van der Waals surface area contributed by atoms with E-state index in [1.807, 2.05) is 47.8 Å². The van der Waals surface area contributed by atoms with Crippen LogP contribution in [-0.2, 0) is 0 Å². The van der Waals surface area contributed by atoms with Crippen LogP contribution in [0.2, 0.25) is 0 Å². The van der Waals surface area contributed by atoms with Crippen molar-refractivity contribution >= 4 is 38.8 Å². The molecule has 28 heavy (non-hydrogen) atoms. The fraction of sp³-hybridized carbons (Fsp3) is 0.0417. The zero-order chi connectivity index (χ0) is 18.7. The van der Waals surface area contributed by atoms with Crippen molar-refractivity contribution in [2.24, 2.45) is 0 Å². The van der Waals surface area contributed by atoms with Crippen LogP contribution in [-0.4, -0.2) is 0 Å². The Morgan fingerprint density at radius 3 is 2.50 bits per heavy atom. The van der Waals surface area contributed by atoms with Crippen LogP contribution in [0.4, 0.5) is 5.69 Å². The second-order valence-corrected chi connectivity index (χ2v) is 7.96. The average Bonchev–Trinajstić information content (AvgIpc) is 3.27. The predicted molar refractivity (Wildman–Crippen MR) is 115 cm³/mol. The average molecular weight is 381 g/mol. The summed E-state index contributed by atoms with van der Waals surface area (Å²) in [5.74, 6) is 0. The lowest BCUT2D eigenvalue weighted by Crippen LogP contribution is -2.25. The Bertz CT molecular complexity index is 1420. The highest BCUT2D eigenvalue weighted by atomic mass is 32.1. The van der Waals surface area contributed by atoms with Crippen LogP contribution in [0.3, 0.4) is 0 Å². The van der Waals surface area contributed by atoms with E-state index >= 15 is 0 Å². The van der Waals surface area contributed by atoms with E-state index in [9.17, 15) is 4.79 Å². The normalized spacial score (nSPS) is 15.2. The molecule has 3 heterocycles. The largest absolute Gasteiger partial charge is 0.422 e. The molecule has 5 aromatic rings. The Kier molecular flexibility index (Phi) is 3.25. The van der Waals surface area contributed by atoms with Crippen molar-refractivity contribution in [2.45, 2.75) is 6.04 Å². The second kappa shape index (κ2) is 5.81. The number of rotatable bonds is 1. The summed E-state index contributed by atoms with van der Waals surface area (Å²) in [5, 5.41) is 8.90. The first-order valence-corrected chi connectivity index (χ1v) is 10.1. The molecule has 1 atom stereocenters. The fourth-order valence-corrected chi connectivity index (χ4v) is 5.04. The maximum absolute atomic E-state index is 13.1. The Balaban J connectivity index is 1.82. The Morgan fingerprint density at radius 1 is 0.821 bits per heavy atom. The van der Waals surface area contributed by atoms with E-state index in [-0.39, 0.29) is 11.7 Å². The first-order chi connectivity index (χ1) is 13.8. The molecular formula is C24H15NO2S. The summed E-state index contributed by atoms with van der Waals surface area (Å²) in [6.07, 6.45) is 0. The van der Waals surface area contributed by atoms with Crippen LogP contribution < -0.4 is 10.9 Å². The monoisotopic (exact) mass is 381 g/mol. The summed E-state index contributed by atoms with van der Waals surface area (Å²) in [6.45, 7) is 0. The third kappa shape index (κ3) is 2.12. The molecule has 0 fully saturated rings. The van der Waals surface area contributed by atoms with Crippen LogP contribution in [0, 0.1) is 0 Å². The van der Waals surface area contributed by atoms with Gasteiger partial charge in [0, 0.05) is 27.1 Å². The molecule has 3 aromatic carbocycles. The van der Waals surface area contributed by atoms with Gasteiger partial charge in [0.05, 0.1) is 11.6 Å². The van der Waals surface area contributed by atoms with Gasteiger partial charge in [0.2, 0.25) is 0 Å². The van der Waals surface area contributed by atoms with Crippen LogP contribution in [0.25, 0.3) is 32.9 Å². The van der Waals surface area contributed by atoms with Gasteiger partial charge in [-0.15, -0.1) is 11.3 Å². The number of anilines is 1. The van der Waals surface area contributed by atoms with Gasteiger partial charge in [-0.25, -0.2) is 4.79 Å². The summed E-state index contributed by atoms with van der Waals surface area (Å²) in [7, 11) is 0. The standard InChI is InChI=1S/C24H15NO2S/c26-24-22-21(16-8-3-4-9-18(16)27-24)20-15-7-2-1-6-14(15)11-12-17(20)25-23(22)19-10-5-13-28-19/h1-13,23,25H. The summed E-state index contributed by atoms with van der Waals surface area (Å²) < 4.78 is 5.72. The molecule has 1 aliphatic rings. The van der Waals surface area contributed by atoms with Crippen LogP contribution in [0.5, 0.6) is 0 Å². The van der Waals surface area contributed by atoms with Crippen LogP contribution >= 0.6 is 11.3 Å². The lowest BCUT2D eigenvalue weighted by molar-refractivity contribution is 0.548. The Morgan fingerprint density at radius 2 is 1.64 bits per heavy atom. The zero-order valence-corrected chi connectivity index (χ0v) is 15.6. The van der Waals surface area contributed by atoms with Gasteiger partial charge in [-0.05, 0) is 34.4 Å². The minimum atomic E-state index is -0.279. The van der Waals surface area contributed by atoms with Crippen molar-refractivity contribution in [3.63, 3.8) is 0 Å². The first-order valence-electron chi connectivity index (χ1n) is 9.19. The van der Waals surface area contributed by atoms with Gasteiger partial charge in [-0.2, -0.15) is 0 Å². The summed E-state index contributed by atoms with van der Waals surface area (Å²) >= 11 is 1.64. The highest BCUT2D eigenvalue weighted by Crippen LogP contribution is 2.48. The Hall–Kier alpha value is -3.37. The molecule has 4 heteroatoms. The molecule has 1 N–H and O–H groups in total. The minimum absolute atomic E-state index is 0.218. The molecule has 134 valence electrons. The van der Waals surface area contributed by atoms with E-state index in [0.717, 1.165) is 37.9 Å². The number of nitrogens with one attached hydrogen (secondary N) is 1. The lowest BCUT2D eigenvalue weighted by atomic mass is 9.85. The molecule has 2 aromatic heterocycles. The zero-order valence-electron chi connectivity index (χ0n) is 14.8.